The lowest BCUT2D eigenvalue weighted by atomic mass is 9.93. The summed E-state index contributed by atoms with van der Waals surface area (Å²) in [6, 6.07) is 6.30. The Morgan fingerprint density at radius 2 is 2.00 bits per heavy atom. The Bertz CT molecular complexity index is 442. The molecule has 0 aliphatic rings. The van der Waals surface area contributed by atoms with E-state index in [0.717, 1.165) is 5.56 Å². The van der Waals surface area contributed by atoms with Crippen molar-refractivity contribution in [2.45, 2.75) is 19.4 Å². The Morgan fingerprint density at radius 1 is 1.44 bits per heavy atom. The van der Waals surface area contributed by atoms with E-state index in [1.807, 2.05) is 6.92 Å². The summed E-state index contributed by atoms with van der Waals surface area (Å²) >= 11 is 0. The first-order valence-corrected chi connectivity index (χ1v) is 5.48. The molecule has 0 aliphatic carbocycles. The number of aryl methyl sites for hydroxylation is 1. The van der Waals surface area contributed by atoms with Crippen LogP contribution in [0.2, 0.25) is 0 Å². The fourth-order valence-electron chi connectivity index (χ4n) is 1.54. The average Bonchev–Trinajstić information content (AvgIpc) is 2.29. The van der Waals surface area contributed by atoms with E-state index in [0.29, 0.717) is 0 Å². The fourth-order valence-corrected chi connectivity index (χ4v) is 1.54. The number of carbonyl (C=O) groups excluding carboxylic acids is 1. The molecule has 18 heavy (non-hydrogen) atoms. The quantitative estimate of drug-likeness (QED) is 0.480. The molecule has 1 rings (SSSR count). The minimum Gasteiger partial charge on any atom is -0.463 e. The lowest BCUT2D eigenvalue weighted by Gasteiger charge is -2.22. The summed E-state index contributed by atoms with van der Waals surface area (Å²) in [5.74, 6) is -1.01. The summed E-state index contributed by atoms with van der Waals surface area (Å²) < 4.78 is 4.70. The highest BCUT2D eigenvalue weighted by molar-refractivity contribution is 5.81. The number of nitrogens with zero attached hydrogens (tertiary/aromatic N) is 1. The lowest BCUT2D eigenvalue weighted by Crippen LogP contribution is -2.43. The van der Waals surface area contributed by atoms with E-state index in [1.54, 1.807) is 19.1 Å². The Morgan fingerprint density at radius 3 is 2.44 bits per heavy atom. The molecule has 1 N–H and O–H groups in total. The van der Waals surface area contributed by atoms with Crippen molar-refractivity contribution in [1.82, 2.24) is 0 Å². The van der Waals surface area contributed by atoms with Gasteiger partial charge in [-0.1, -0.05) is 29.8 Å². The summed E-state index contributed by atoms with van der Waals surface area (Å²) in [6.45, 7) is 2.53. The molecular formula is C12H15NO5. The maximum Gasteiger partial charge on any atom is 0.349 e. The van der Waals surface area contributed by atoms with E-state index in [9.17, 15) is 20.0 Å². The molecule has 1 aromatic rings. The van der Waals surface area contributed by atoms with Gasteiger partial charge in [-0.05, 0) is 13.8 Å². The van der Waals surface area contributed by atoms with Crippen LogP contribution in [-0.4, -0.2) is 29.2 Å². The van der Waals surface area contributed by atoms with Gasteiger partial charge in [0.15, 0.2) is 0 Å². The predicted octanol–water partition coefficient (Wildman–Crippen LogP) is 1.02. The zero-order valence-electron chi connectivity index (χ0n) is 10.3. The summed E-state index contributed by atoms with van der Waals surface area (Å²) in [4.78, 5) is 21.6. The van der Waals surface area contributed by atoms with Gasteiger partial charge in [0.25, 0.3) is 5.60 Å². The third kappa shape index (κ3) is 3.04. The molecule has 0 amide bonds. The highest BCUT2D eigenvalue weighted by Gasteiger charge is 2.45. The molecule has 0 saturated heterocycles. The first-order valence-electron chi connectivity index (χ1n) is 5.48. The number of ether oxygens (including phenoxy) is 1. The van der Waals surface area contributed by atoms with Crippen LogP contribution in [0.4, 0.5) is 0 Å². The van der Waals surface area contributed by atoms with Gasteiger partial charge in [-0.2, -0.15) is 0 Å². The van der Waals surface area contributed by atoms with Gasteiger partial charge in [0.2, 0.25) is 6.54 Å². The molecular weight excluding hydrogens is 238 g/mol. The van der Waals surface area contributed by atoms with Crippen molar-refractivity contribution in [3.63, 3.8) is 0 Å². The molecule has 6 nitrogen and oxygen atoms in total. The van der Waals surface area contributed by atoms with E-state index in [2.05, 4.69) is 0 Å². The maximum atomic E-state index is 11.7. The second kappa shape index (κ2) is 5.59. The van der Waals surface area contributed by atoms with Crippen molar-refractivity contribution in [1.29, 1.82) is 0 Å². The van der Waals surface area contributed by atoms with Crippen LogP contribution in [0.3, 0.4) is 0 Å². The summed E-state index contributed by atoms with van der Waals surface area (Å²) in [6.07, 6.45) is 0. The van der Waals surface area contributed by atoms with Gasteiger partial charge in [0.05, 0.1) is 6.61 Å². The van der Waals surface area contributed by atoms with Crippen molar-refractivity contribution >= 4 is 5.97 Å². The molecule has 0 saturated carbocycles. The first-order chi connectivity index (χ1) is 8.40. The molecule has 6 heteroatoms. The Kier molecular flexibility index (Phi) is 4.38. The third-order valence-electron chi connectivity index (χ3n) is 2.50. The highest BCUT2D eigenvalue weighted by Crippen LogP contribution is 2.23. The summed E-state index contributed by atoms with van der Waals surface area (Å²) in [5.41, 5.74) is -1.16. The monoisotopic (exact) mass is 253 g/mol. The van der Waals surface area contributed by atoms with E-state index < -0.39 is 23.0 Å². The van der Waals surface area contributed by atoms with E-state index >= 15 is 0 Å². The molecule has 1 aromatic carbocycles. The van der Waals surface area contributed by atoms with Gasteiger partial charge in [0, 0.05) is 10.5 Å². The standard InChI is InChI=1S/C12H15NO5/c1-3-18-11(14)12(15,8-13(16)17)10-6-4-9(2)5-7-10/h4-7,15H,3,8H2,1-2H3/t12-/m0/s1. The van der Waals surface area contributed by atoms with Crippen LogP contribution < -0.4 is 0 Å². The number of esters is 1. The van der Waals surface area contributed by atoms with Crippen LogP contribution in [0.1, 0.15) is 18.1 Å². The third-order valence-corrected chi connectivity index (χ3v) is 2.50. The largest absolute Gasteiger partial charge is 0.463 e. The molecule has 0 aromatic heterocycles. The second-order valence-electron chi connectivity index (χ2n) is 3.94. The van der Waals surface area contributed by atoms with Gasteiger partial charge in [0.1, 0.15) is 0 Å². The molecule has 0 aliphatic heterocycles. The maximum absolute atomic E-state index is 11.7. The Balaban J connectivity index is 3.14. The van der Waals surface area contributed by atoms with Crippen LogP contribution in [0.15, 0.2) is 24.3 Å². The SMILES string of the molecule is CCOC(=O)[C@](O)(C[N+](=O)[O-])c1ccc(C)cc1. The molecule has 0 fully saturated rings. The zero-order valence-corrected chi connectivity index (χ0v) is 10.3. The molecule has 0 bridgehead atoms. The molecule has 1 atom stereocenters. The van der Waals surface area contributed by atoms with Crippen LogP contribution >= 0.6 is 0 Å². The first kappa shape index (κ1) is 14.1. The van der Waals surface area contributed by atoms with Gasteiger partial charge < -0.3 is 9.84 Å². The molecule has 0 heterocycles. The van der Waals surface area contributed by atoms with E-state index in [4.69, 9.17) is 4.74 Å². The van der Waals surface area contributed by atoms with Crippen molar-refractivity contribution in [2.24, 2.45) is 0 Å². The smallest absolute Gasteiger partial charge is 0.349 e. The number of hydrogen-bond acceptors (Lipinski definition) is 5. The fraction of sp³-hybridized carbons (Fsp3) is 0.417. The topological polar surface area (TPSA) is 89.7 Å². The van der Waals surface area contributed by atoms with Crippen LogP contribution in [0.5, 0.6) is 0 Å². The minimum absolute atomic E-state index is 0.0463. The van der Waals surface area contributed by atoms with Crippen LogP contribution in [0.25, 0.3) is 0 Å². The Hall–Kier alpha value is -1.95. The van der Waals surface area contributed by atoms with E-state index in [1.165, 1.54) is 12.1 Å². The van der Waals surface area contributed by atoms with Crippen molar-refractivity contribution < 1.29 is 19.6 Å². The average molecular weight is 253 g/mol. The summed E-state index contributed by atoms with van der Waals surface area (Å²) in [5, 5.41) is 20.8. The zero-order chi connectivity index (χ0) is 13.8. The highest BCUT2D eigenvalue weighted by atomic mass is 16.6. The normalized spacial score (nSPS) is 13.7. The number of benzene rings is 1. The van der Waals surface area contributed by atoms with Crippen molar-refractivity contribution in [3.05, 3.63) is 45.5 Å². The van der Waals surface area contributed by atoms with Gasteiger partial charge in [-0.15, -0.1) is 0 Å². The Labute approximate surface area is 104 Å². The van der Waals surface area contributed by atoms with Gasteiger partial charge in [-0.3, -0.25) is 10.1 Å². The van der Waals surface area contributed by atoms with Crippen molar-refractivity contribution in [2.75, 3.05) is 13.2 Å². The lowest BCUT2D eigenvalue weighted by molar-refractivity contribution is -0.499. The number of rotatable bonds is 5. The van der Waals surface area contributed by atoms with Crippen LogP contribution in [0, 0.1) is 17.0 Å². The molecule has 0 spiro atoms. The molecule has 0 unspecified atom stereocenters. The molecule has 98 valence electrons. The minimum atomic E-state index is -2.24. The van der Waals surface area contributed by atoms with Crippen molar-refractivity contribution in [3.8, 4) is 0 Å². The van der Waals surface area contributed by atoms with Gasteiger partial charge >= 0.3 is 5.97 Å². The number of hydrogen-bond donors (Lipinski definition) is 1. The van der Waals surface area contributed by atoms with Crippen LogP contribution in [-0.2, 0) is 15.1 Å². The number of aliphatic hydroxyl groups is 1. The summed E-state index contributed by atoms with van der Waals surface area (Å²) in [7, 11) is 0. The second-order valence-corrected chi connectivity index (χ2v) is 3.94. The molecule has 0 radical (unpaired) electrons. The van der Waals surface area contributed by atoms with Gasteiger partial charge in [-0.25, -0.2) is 4.79 Å². The predicted molar refractivity (Wildman–Crippen MR) is 63.6 cm³/mol. The van der Waals surface area contributed by atoms with E-state index in [-0.39, 0.29) is 12.2 Å². The number of nitro groups is 1. The number of carbonyl (C=O) groups is 1.